The van der Waals surface area contributed by atoms with Gasteiger partial charge in [-0.05, 0) is 12.5 Å². The van der Waals surface area contributed by atoms with Crippen molar-refractivity contribution in [3.63, 3.8) is 0 Å². The second-order valence-corrected chi connectivity index (χ2v) is 4.27. The lowest BCUT2D eigenvalue weighted by Gasteiger charge is -2.31. The van der Waals surface area contributed by atoms with Gasteiger partial charge in [0.2, 0.25) is 5.91 Å². The van der Waals surface area contributed by atoms with Crippen molar-refractivity contribution in [3.8, 4) is 0 Å². The van der Waals surface area contributed by atoms with Gasteiger partial charge in [-0.2, -0.15) is 0 Å². The van der Waals surface area contributed by atoms with Gasteiger partial charge in [-0.15, -0.1) is 0 Å². The molecule has 0 saturated carbocycles. The van der Waals surface area contributed by atoms with Crippen LogP contribution in [0.1, 0.15) is 12.8 Å². The number of allylic oxidation sites excluding steroid dienone is 2. The maximum Gasteiger partial charge on any atom is 0.326 e. The molecule has 0 spiro atoms. The van der Waals surface area contributed by atoms with E-state index in [0.717, 1.165) is 0 Å². The van der Waals surface area contributed by atoms with E-state index >= 15 is 0 Å². The van der Waals surface area contributed by atoms with Gasteiger partial charge in [0, 0.05) is 6.42 Å². The molecule has 0 aromatic carbocycles. The first-order valence-corrected chi connectivity index (χ1v) is 5.82. The molecular formula is C13H13NO5. The zero-order valence-electron chi connectivity index (χ0n) is 10.3. The van der Waals surface area contributed by atoms with Crippen molar-refractivity contribution < 1.29 is 24.2 Å². The predicted octanol–water partition coefficient (Wildman–Crippen LogP) is 0.289. The van der Waals surface area contributed by atoms with Crippen molar-refractivity contribution in [2.45, 2.75) is 24.9 Å². The summed E-state index contributed by atoms with van der Waals surface area (Å²) in [5.41, 5.74) is 0.145. The summed E-state index contributed by atoms with van der Waals surface area (Å²) in [6.07, 6.45) is 5.22. The van der Waals surface area contributed by atoms with E-state index in [1.165, 1.54) is 12.0 Å². The van der Waals surface area contributed by atoms with E-state index in [9.17, 15) is 14.4 Å². The van der Waals surface area contributed by atoms with Gasteiger partial charge in [-0.1, -0.05) is 12.2 Å². The molecule has 0 bridgehead atoms. The Balaban J connectivity index is 2.38. The largest absolute Gasteiger partial charge is 0.496 e. The van der Waals surface area contributed by atoms with Crippen LogP contribution in [0.2, 0.25) is 0 Å². The third-order valence-electron chi connectivity index (χ3n) is 3.27. The van der Waals surface area contributed by atoms with Gasteiger partial charge in [-0.3, -0.25) is 4.79 Å². The number of carbonyl (C=O) groups excluding carboxylic acids is 2. The molecule has 1 saturated heterocycles. The summed E-state index contributed by atoms with van der Waals surface area (Å²) in [5, 5.41) is 9.14. The molecule has 6 nitrogen and oxygen atoms in total. The minimum atomic E-state index is -1.07. The lowest BCUT2D eigenvalue weighted by Crippen LogP contribution is -2.46. The molecule has 100 valence electrons. The molecule has 2 rings (SSSR count). The Bertz CT molecular complexity index is 527. The van der Waals surface area contributed by atoms with E-state index < -0.39 is 18.1 Å². The number of hydrogen-bond acceptors (Lipinski definition) is 4. The number of likely N-dealkylation sites (tertiary alicyclic amines) is 1. The van der Waals surface area contributed by atoms with Crippen LogP contribution in [0, 0.1) is 0 Å². The maximum absolute atomic E-state index is 11.9. The quantitative estimate of drug-likeness (QED) is 0.740. The number of rotatable bonds is 3. The Hall–Kier alpha value is -2.33. The lowest BCUT2D eigenvalue weighted by molar-refractivity contribution is -0.146. The van der Waals surface area contributed by atoms with Crippen LogP contribution in [0.3, 0.4) is 0 Å². The van der Waals surface area contributed by atoms with Crippen molar-refractivity contribution in [3.05, 3.63) is 29.6 Å². The van der Waals surface area contributed by atoms with Crippen LogP contribution in [0.5, 0.6) is 0 Å². The smallest absolute Gasteiger partial charge is 0.326 e. The van der Waals surface area contributed by atoms with Crippen LogP contribution < -0.4 is 0 Å². The molecule has 0 aromatic rings. The Morgan fingerprint density at radius 3 is 2.89 bits per heavy atom. The summed E-state index contributed by atoms with van der Waals surface area (Å²) >= 11 is 0. The first-order valence-electron chi connectivity index (χ1n) is 5.82. The summed E-state index contributed by atoms with van der Waals surface area (Å²) in [6.45, 7) is 0. The number of carboxylic acid groups (broad SMARTS) is 1. The van der Waals surface area contributed by atoms with Crippen LogP contribution in [0.25, 0.3) is 0 Å². The molecule has 1 fully saturated rings. The Morgan fingerprint density at radius 1 is 1.58 bits per heavy atom. The van der Waals surface area contributed by atoms with Gasteiger partial charge in [0.15, 0.2) is 0 Å². The number of aliphatic carboxylic acids is 1. The van der Waals surface area contributed by atoms with Crippen LogP contribution in [-0.2, 0) is 19.1 Å². The van der Waals surface area contributed by atoms with E-state index in [4.69, 9.17) is 9.84 Å². The van der Waals surface area contributed by atoms with Crippen molar-refractivity contribution >= 4 is 17.8 Å². The second kappa shape index (κ2) is 5.12. The van der Waals surface area contributed by atoms with Crippen molar-refractivity contribution in [2.24, 2.45) is 0 Å². The van der Waals surface area contributed by atoms with Crippen LogP contribution in [0.15, 0.2) is 29.6 Å². The van der Waals surface area contributed by atoms with E-state index in [1.807, 2.05) is 0 Å². The molecule has 0 radical (unpaired) electrons. The maximum atomic E-state index is 11.9. The van der Waals surface area contributed by atoms with Gasteiger partial charge in [0.25, 0.3) is 0 Å². The number of methoxy groups -OCH3 is 1. The average Bonchev–Trinajstić information content (AvgIpc) is 2.79. The van der Waals surface area contributed by atoms with Crippen LogP contribution >= 0.6 is 0 Å². The normalized spacial score (nSPS) is 26.2. The number of amides is 1. The zero-order valence-corrected chi connectivity index (χ0v) is 10.3. The van der Waals surface area contributed by atoms with E-state index in [-0.39, 0.29) is 24.3 Å². The average molecular weight is 263 g/mol. The minimum absolute atomic E-state index is 0.145. The third kappa shape index (κ3) is 2.18. The highest BCUT2D eigenvalue weighted by Gasteiger charge is 2.42. The van der Waals surface area contributed by atoms with E-state index in [1.54, 1.807) is 24.2 Å². The van der Waals surface area contributed by atoms with Gasteiger partial charge >= 0.3 is 5.97 Å². The van der Waals surface area contributed by atoms with E-state index in [0.29, 0.717) is 5.76 Å². The highest BCUT2D eigenvalue weighted by molar-refractivity contribution is 5.89. The molecule has 1 amide bonds. The number of ether oxygens (including phenoxy) is 1. The number of hydrogen-bond donors (Lipinski definition) is 1. The molecular weight excluding hydrogens is 250 g/mol. The fourth-order valence-corrected chi connectivity index (χ4v) is 2.39. The molecule has 1 aliphatic carbocycles. The second-order valence-electron chi connectivity index (χ2n) is 4.27. The Labute approximate surface area is 109 Å². The summed E-state index contributed by atoms with van der Waals surface area (Å²) in [5.74, 6) is 0.688. The zero-order chi connectivity index (χ0) is 14.0. The highest BCUT2D eigenvalue weighted by Crippen LogP contribution is 2.30. The van der Waals surface area contributed by atoms with Crippen molar-refractivity contribution in [1.29, 1.82) is 0 Å². The molecule has 1 N–H and O–H groups in total. The molecule has 2 aliphatic rings. The van der Waals surface area contributed by atoms with Crippen LogP contribution in [0.4, 0.5) is 0 Å². The molecule has 1 heterocycles. The minimum Gasteiger partial charge on any atom is -0.496 e. The predicted molar refractivity (Wildman–Crippen MR) is 64.7 cm³/mol. The fraction of sp³-hybridized carbons (Fsp3) is 0.385. The SMILES string of the molecule is COC1=CC=CC(N2C(=O)CC[C@H]2C(=O)O)C1=C=O. The lowest BCUT2D eigenvalue weighted by atomic mass is 9.99. The van der Waals surface area contributed by atoms with Gasteiger partial charge in [0.1, 0.15) is 23.3 Å². The standard InChI is InChI=1S/C13H13NO5/c1-19-11-4-2-3-9(8(11)7-15)14-10(13(17)18)5-6-12(14)16/h2-4,9-10H,5-6H2,1H3,(H,17,18)/t9?,10-/m0/s1. The van der Waals surface area contributed by atoms with Crippen LogP contribution in [-0.4, -0.2) is 47.0 Å². The van der Waals surface area contributed by atoms with Crippen molar-refractivity contribution in [2.75, 3.05) is 7.11 Å². The Kier molecular flexibility index (Phi) is 3.53. The van der Waals surface area contributed by atoms with Crippen molar-refractivity contribution in [1.82, 2.24) is 4.90 Å². The van der Waals surface area contributed by atoms with E-state index in [2.05, 4.69) is 0 Å². The first kappa shape index (κ1) is 13.1. The van der Waals surface area contributed by atoms with Gasteiger partial charge < -0.3 is 14.7 Å². The number of carboxylic acids is 1. The summed E-state index contributed by atoms with van der Waals surface area (Å²) < 4.78 is 5.04. The Morgan fingerprint density at radius 2 is 2.32 bits per heavy atom. The molecule has 19 heavy (non-hydrogen) atoms. The third-order valence-corrected chi connectivity index (χ3v) is 3.27. The number of carbonyl (C=O) groups is 2. The topological polar surface area (TPSA) is 83.9 Å². The summed E-state index contributed by atoms with van der Waals surface area (Å²) in [6, 6.07) is -1.64. The molecule has 0 aromatic heterocycles. The molecule has 1 unspecified atom stereocenters. The monoisotopic (exact) mass is 263 g/mol. The molecule has 1 aliphatic heterocycles. The summed E-state index contributed by atoms with van der Waals surface area (Å²) in [4.78, 5) is 35.3. The summed E-state index contributed by atoms with van der Waals surface area (Å²) in [7, 11) is 1.40. The number of nitrogens with zero attached hydrogens (tertiary/aromatic N) is 1. The molecule has 2 atom stereocenters. The molecule has 6 heteroatoms. The first-order chi connectivity index (χ1) is 9.10. The van der Waals surface area contributed by atoms with Gasteiger partial charge in [0.05, 0.1) is 13.2 Å². The fourth-order valence-electron chi connectivity index (χ4n) is 2.39. The van der Waals surface area contributed by atoms with Gasteiger partial charge in [-0.25, -0.2) is 9.59 Å². The highest BCUT2D eigenvalue weighted by atomic mass is 16.5.